The number of rotatable bonds is 5. The summed E-state index contributed by atoms with van der Waals surface area (Å²) in [6.07, 6.45) is 1.81. The van der Waals surface area contributed by atoms with E-state index in [2.05, 4.69) is 49.0 Å². The second-order valence-corrected chi connectivity index (χ2v) is 5.97. The number of piperazine rings is 1. The average Bonchev–Trinajstić information content (AvgIpc) is 2.79. The van der Waals surface area contributed by atoms with Gasteiger partial charge in [0.25, 0.3) is 0 Å². The molecule has 1 aromatic heterocycles. The van der Waals surface area contributed by atoms with Crippen molar-refractivity contribution in [3.05, 3.63) is 23.7 Å². The van der Waals surface area contributed by atoms with E-state index >= 15 is 0 Å². The number of nitrogens with zero attached hydrogens (tertiary/aromatic N) is 2. The van der Waals surface area contributed by atoms with E-state index in [1.807, 2.05) is 6.26 Å². The molecule has 1 aromatic rings. The summed E-state index contributed by atoms with van der Waals surface area (Å²) in [7, 11) is 2.20. The molecule has 1 unspecified atom stereocenters. The molecule has 0 aromatic carbocycles. The van der Waals surface area contributed by atoms with Crippen molar-refractivity contribution in [2.75, 3.05) is 26.7 Å². The standard InChI is InChI=1S/C15H27N3O/c1-12(2)16-9-14-5-8-19-15(14)11-18-7-6-17(4)13(3)10-18/h5,8,12-13,16H,6-7,9-11H2,1-4H3. The Morgan fingerprint density at radius 1 is 1.42 bits per heavy atom. The van der Waals surface area contributed by atoms with Crippen LogP contribution in [0.1, 0.15) is 32.1 Å². The molecule has 1 fully saturated rings. The van der Waals surface area contributed by atoms with E-state index in [1.54, 1.807) is 0 Å². The summed E-state index contributed by atoms with van der Waals surface area (Å²) in [6, 6.07) is 3.22. The van der Waals surface area contributed by atoms with Gasteiger partial charge in [-0.1, -0.05) is 13.8 Å². The van der Waals surface area contributed by atoms with Gasteiger partial charge in [0.2, 0.25) is 0 Å². The van der Waals surface area contributed by atoms with E-state index in [-0.39, 0.29) is 0 Å². The molecule has 1 aliphatic heterocycles. The Morgan fingerprint density at radius 3 is 2.89 bits per heavy atom. The Bertz CT molecular complexity index is 388. The fourth-order valence-corrected chi connectivity index (χ4v) is 2.45. The summed E-state index contributed by atoms with van der Waals surface area (Å²) in [5.74, 6) is 1.12. The normalized spacial score (nSPS) is 22.3. The summed E-state index contributed by atoms with van der Waals surface area (Å²) in [6.45, 7) is 11.8. The maximum Gasteiger partial charge on any atom is 0.122 e. The Kier molecular flexibility index (Phi) is 5.02. The highest BCUT2D eigenvalue weighted by molar-refractivity contribution is 5.17. The molecular weight excluding hydrogens is 238 g/mol. The van der Waals surface area contributed by atoms with Crippen molar-refractivity contribution in [3.8, 4) is 0 Å². The van der Waals surface area contributed by atoms with E-state index in [1.165, 1.54) is 5.56 Å². The SMILES string of the molecule is CC(C)NCc1ccoc1CN1CCN(C)C(C)C1. The lowest BCUT2D eigenvalue weighted by Gasteiger charge is -2.37. The minimum Gasteiger partial charge on any atom is -0.468 e. The number of likely N-dealkylation sites (N-methyl/N-ethyl adjacent to an activating group) is 1. The summed E-state index contributed by atoms with van der Waals surface area (Å²) in [5, 5.41) is 3.45. The van der Waals surface area contributed by atoms with Crippen LogP contribution >= 0.6 is 0 Å². The van der Waals surface area contributed by atoms with Crippen LogP contribution < -0.4 is 5.32 Å². The lowest BCUT2D eigenvalue weighted by atomic mass is 10.1. The van der Waals surface area contributed by atoms with E-state index < -0.39 is 0 Å². The fourth-order valence-electron chi connectivity index (χ4n) is 2.45. The molecule has 1 N–H and O–H groups in total. The zero-order valence-corrected chi connectivity index (χ0v) is 12.6. The van der Waals surface area contributed by atoms with Gasteiger partial charge in [0.1, 0.15) is 5.76 Å². The molecule has 108 valence electrons. The van der Waals surface area contributed by atoms with E-state index in [4.69, 9.17) is 4.42 Å². The fraction of sp³-hybridized carbons (Fsp3) is 0.733. The highest BCUT2D eigenvalue weighted by Crippen LogP contribution is 2.16. The molecule has 1 atom stereocenters. The predicted molar refractivity (Wildman–Crippen MR) is 78.1 cm³/mol. The van der Waals surface area contributed by atoms with E-state index in [0.717, 1.165) is 38.5 Å². The van der Waals surface area contributed by atoms with Gasteiger partial charge in [-0.15, -0.1) is 0 Å². The van der Waals surface area contributed by atoms with Gasteiger partial charge in [0, 0.05) is 43.8 Å². The molecule has 19 heavy (non-hydrogen) atoms. The van der Waals surface area contributed by atoms with Gasteiger partial charge in [0.15, 0.2) is 0 Å². The molecule has 2 rings (SSSR count). The Labute approximate surface area is 116 Å². The van der Waals surface area contributed by atoms with Crippen molar-refractivity contribution in [1.82, 2.24) is 15.1 Å². The van der Waals surface area contributed by atoms with Gasteiger partial charge in [-0.2, -0.15) is 0 Å². The van der Waals surface area contributed by atoms with Crippen molar-refractivity contribution >= 4 is 0 Å². The summed E-state index contributed by atoms with van der Waals surface area (Å²) >= 11 is 0. The monoisotopic (exact) mass is 265 g/mol. The Balaban J connectivity index is 1.90. The first-order valence-corrected chi connectivity index (χ1v) is 7.27. The third kappa shape index (κ3) is 4.06. The largest absolute Gasteiger partial charge is 0.468 e. The Morgan fingerprint density at radius 2 is 2.21 bits per heavy atom. The lowest BCUT2D eigenvalue weighted by Crippen LogP contribution is -2.49. The predicted octanol–water partition coefficient (Wildman–Crippen LogP) is 1.91. The first-order valence-electron chi connectivity index (χ1n) is 7.27. The second-order valence-electron chi connectivity index (χ2n) is 5.97. The van der Waals surface area contributed by atoms with Crippen molar-refractivity contribution < 1.29 is 4.42 Å². The van der Waals surface area contributed by atoms with E-state index in [0.29, 0.717) is 12.1 Å². The number of furan rings is 1. The molecule has 2 heterocycles. The van der Waals surface area contributed by atoms with Crippen LogP contribution in [0.15, 0.2) is 16.7 Å². The van der Waals surface area contributed by atoms with Crippen LogP contribution in [-0.4, -0.2) is 48.6 Å². The smallest absolute Gasteiger partial charge is 0.122 e. The lowest BCUT2D eigenvalue weighted by molar-refractivity contribution is 0.0943. The van der Waals surface area contributed by atoms with Gasteiger partial charge < -0.3 is 14.6 Å². The number of nitrogens with one attached hydrogen (secondary N) is 1. The van der Waals surface area contributed by atoms with Crippen LogP contribution in [0.4, 0.5) is 0 Å². The van der Waals surface area contributed by atoms with Crippen molar-refractivity contribution in [2.45, 2.75) is 45.9 Å². The van der Waals surface area contributed by atoms with Crippen LogP contribution in [0.5, 0.6) is 0 Å². The van der Waals surface area contributed by atoms with Gasteiger partial charge >= 0.3 is 0 Å². The molecule has 0 saturated carbocycles. The van der Waals surface area contributed by atoms with Gasteiger partial charge in [-0.05, 0) is 20.0 Å². The summed E-state index contributed by atoms with van der Waals surface area (Å²) in [4.78, 5) is 4.91. The van der Waals surface area contributed by atoms with Crippen molar-refractivity contribution in [1.29, 1.82) is 0 Å². The van der Waals surface area contributed by atoms with Crippen LogP contribution in [0.25, 0.3) is 0 Å². The minimum atomic E-state index is 0.506. The maximum absolute atomic E-state index is 5.67. The molecule has 4 heteroatoms. The maximum atomic E-state index is 5.67. The van der Waals surface area contributed by atoms with Crippen molar-refractivity contribution in [2.24, 2.45) is 0 Å². The third-order valence-electron chi connectivity index (χ3n) is 3.95. The van der Waals surface area contributed by atoms with Crippen LogP contribution in [-0.2, 0) is 13.1 Å². The van der Waals surface area contributed by atoms with Gasteiger partial charge in [-0.3, -0.25) is 4.90 Å². The van der Waals surface area contributed by atoms with E-state index in [9.17, 15) is 0 Å². The summed E-state index contributed by atoms with van der Waals surface area (Å²) < 4.78 is 5.67. The highest BCUT2D eigenvalue weighted by atomic mass is 16.3. The van der Waals surface area contributed by atoms with Crippen LogP contribution in [0.2, 0.25) is 0 Å². The topological polar surface area (TPSA) is 31.7 Å². The molecule has 4 nitrogen and oxygen atoms in total. The van der Waals surface area contributed by atoms with Gasteiger partial charge in [-0.25, -0.2) is 0 Å². The Hall–Kier alpha value is -0.840. The average molecular weight is 265 g/mol. The first kappa shape index (κ1) is 14.6. The number of hydrogen-bond donors (Lipinski definition) is 1. The molecule has 1 saturated heterocycles. The molecular formula is C15H27N3O. The van der Waals surface area contributed by atoms with Crippen LogP contribution in [0, 0.1) is 0 Å². The molecule has 0 radical (unpaired) electrons. The minimum absolute atomic E-state index is 0.506. The zero-order valence-electron chi connectivity index (χ0n) is 12.6. The third-order valence-corrected chi connectivity index (χ3v) is 3.95. The second kappa shape index (κ2) is 6.55. The molecule has 0 bridgehead atoms. The number of hydrogen-bond acceptors (Lipinski definition) is 4. The first-order chi connectivity index (χ1) is 9.06. The van der Waals surface area contributed by atoms with Crippen LogP contribution in [0.3, 0.4) is 0 Å². The van der Waals surface area contributed by atoms with Crippen molar-refractivity contribution in [3.63, 3.8) is 0 Å². The molecule has 1 aliphatic rings. The molecule has 0 amide bonds. The quantitative estimate of drug-likeness (QED) is 0.881. The summed E-state index contributed by atoms with van der Waals surface area (Å²) in [5.41, 5.74) is 1.29. The zero-order chi connectivity index (χ0) is 13.8. The molecule has 0 spiro atoms. The van der Waals surface area contributed by atoms with Gasteiger partial charge in [0.05, 0.1) is 12.8 Å². The molecule has 0 aliphatic carbocycles. The highest BCUT2D eigenvalue weighted by Gasteiger charge is 2.22.